The molecule has 2 heterocycles. The zero-order valence-corrected chi connectivity index (χ0v) is 21.0. The van der Waals surface area contributed by atoms with Gasteiger partial charge in [0.25, 0.3) is 5.56 Å². The number of nitrogens with zero attached hydrogens (tertiary/aromatic N) is 3. The molecule has 1 aliphatic heterocycles. The van der Waals surface area contributed by atoms with E-state index in [1.807, 2.05) is 24.3 Å². The fourth-order valence-corrected chi connectivity index (χ4v) is 5.88. The predicted molar refractivity (Wildman–Crippen MR) is 136 cm³/mol. The van der Waals surface area contributed by atoms with Gasteiger partial charge >= 0.3 is 0 Å². The summed E-state index contributed by atoms with van der Waals surface area (Å²) < 4.78 is 28.9. The zero-order chi connectivity index (χ0) is 25.2. The number of hydrogen-bond donors (Lipinski definition) is 1. The lowest BCUT2D eigenvalue weighted by Crippen LogP contribution is -2.29. The average molecular weight is 495 g/mol. The van der Waals surface area contributed by atoms with Gasteiger partial charge in [-0.3, -0.25) is 9.59 Å². The summed E-state index contributed by atoms with van der Waals surface area (Å²) in [5, 5.41) is 7.13. The molecule has 9 heteroatoms. The molecule has 1 fully saturated rings. The number of carbonyl (C=O) groups excluding carboxylic acids is 1. The lowest BCUT2D eigenvalue weighted by molar-refractivity contribution is -0.117. The highest BCUT2D eigenvalue weighted by Crippen LogP contribution is 2.28. The summed E-state index contributed by atoms with van der Waals surface area (Å²) in [6, 6.07) is 15.5. The van der Waals surface area contributed by atoms with Crippen LogP contribution >= 0.6 is 0 Å². The van der Waals surface area contributed by atoms with Crippen molar-refractivity contribution in [1.82, 2.24) is 14.1 Å². The molecule has 1 aliphatic rings. The van der Waals surface area contributed by atoms with Crippen LogP contribution in [0.5, 0.6) is 0 Å². The first kappa shape index (κ1) is 24.8. The van der Waals surface area contributed by atoms with Crippen LogP contribution < -0.4 is 10.9 Å². The van der Waals surface area contributed by atoms with Crippen molar-refractivity contribution in [3.05, 3.63) is 76.1 Å². The third-order valence-corrected chi connectivity index (χ3v) is 8.23. The normalized spacial score (nSPS) is 14.4. The first-order valence-electron chi connectivity index (χ1n) is 11.7. The molecule has 0 radical (unpaired) electrons. The second-order valence-corrected chi connectivity index (χ2v) is 11.0. The number of anilines is 1. The lowest BCUT2D eigenvalue weighted by Gasteiger charge is -2.18. The molecule has 0 bridgehead atoms. The number of rotatable bonds is 7. The molecular formula is C26H30N4O4S. The smallest absolute Gasteiger partial charge is 0.267 e. The van der Waals surface area contributed by atoms with E-state index in [4.69, 9.17) is 0 Å². The second-order valence-electron chi connectivity index (χ2n) is 9.13. The van der Waals surface area contributed by atoms with Crippen molar-refractivity contribution in [2.45, 2.75) is 51.0 Å². The van der Waals surface area contributed by atoms with Gasteiger partial charge < -0.3 is 5.32 Å². The lowest BCUT2D eigenvalue weighted by atomic mass is 10.0. The minimum atomic E-state index is -3.61. The van der Waals surface area contributed by atoms with Gasteiger partial charge in [0.1, 0.15) is 6.54 Å². The highest BCUT2D eigenvalue weighted by molar-refractivity contribution is 7.89. The first-order valence-corrected chi connectivity index (χ1v) is 13.2. The number of aryl methyl sites for hydroxylation is 1. The Morgan fingerprint density at radius 2 is 1.71 bits per heavy atom. The van der Waals surface area contributed by atoms with Gasteiger partial charge in [0.15, 0.2) is 0 Å². The molecule has 4 rings (SSSR count). The van der Waals surface area contributed by atoms with Crippen molar-refractivity contribution in [1.29, 1.82) is 0 Å². The van der Waals surface area contributed by atoms with E-state index in [1.54, 1.807) is 25.1 Å². The van der Waals surface area contributed by atoms with Crippen molar-refractivity contribution >= 4 is 21.6 Å². The molecule has 1 saturated heterocycles. The fraction of sp³-hybridized carbons (Fsp3) is 0.346. The summed E-state index contributed by atoms with van der Waals surface area (Å²) in [6.07, 6.45) is 1.71. The molecule has 0 atom stereocenters. The Bertz CT molecular complexity index is 1390. The average Bonchev–Trinajstić information content (AvgIpc) is 3.37. The maximum absolute atomic E-state index is 13.1. The van der Waals surface area contributed by atoms with Gasteiger partial charge in [-0.15, -0.1) is 0 Å². The zero-order valence-electron chi connectivity index (χ0n) is 20.2. The summed E-state index contributed by atoms with van der Waals surface area (Å²) in [5.74, 6) is 0.00755. The van der Waals surface area contributed by atoms with Gasteiger partial charge in [0, 0.05) is 30.4 Å². The van der Waals surface area contributed by atoms with Gasteiger partial charge in [-0.1, -0.05) is 38.1 Å². The maximum atomic E-state index is 13.1. The molecule has 184 valence electrons. The molecule has 0 unspecified atom stereocenters. The Morgan fingerprint density at radius 1 is 1.03 bits per heavy atom. The summed E-state index contributed by atoms with van der Waals surface area (Å²) in [4.78, 5) is 25.2. The number of amides is 1. The Morgan fingerprint density at radius 3 is 2.37 bits per heavy atom. The number of benzene rings is 2. The van der Waals surface area contributed by atoms with Crippen molar-refractivity contribution < 1.29 is 13.2 Å². The SMILES string of the molecule is Cc1ccc(-c2ccc(=O)n(CC(=O)Nc3ccc(C(C)C)cc3)n2)cc1S(=O)(=O)N1CCCC1. The first-order chi connectivity index (χ1) is 16.6. The van der Waals surface area contributed by atoms with Crippen LogP contribution in [0.2, 0.25) is 0 Å². The van der Waals surface area contributed by atoms with Crippen LogP contribution in [0.1, 0.15) is 43.7 Å². The molecule has 0 aliphatic carbocycles. The van der Waals surface area contributed by atoms with Crippen LogP contribution in [0.15, 0.2) is 64.3 Å². The molecule has 3 aromatic rings. The molecular weight excluding hydrogens is 464 g/mol. The Labute approximate surface area is 205 Å². The minimum Gasteiger partial charge on any atom is -0.324 e. The molecule has 1 N–H and O–H groups in total. The van der Waals surface area contributed by atoms with Gasteiger partial charge in [-0.25, -0.2) is 13.1 Å². The van der Waals surface area contributed by atoms with E-state index in [0.717, 1.165) is 23.1 Å². The van der Waals surface area contributed by atoms with Crippen LogP contribution in [0.3, 0.4) is 0 Å². The van der Waals surface area contributed by atoms with E-state index >= 15 is 0 Å². The monoisotopic (exact) mass is 494 g/mol. The summed E-state index contributed by atoms with van der Waals surface area (Å²) >= 11 is 0. The molecule has 35 heavy (non-hydrogen) atoms. The molecule has 0 saturated carbocycles. The van der Waals surface area contributed by atoms with E-state index in [-0.39, 0.29) is 17.3 Å². The van der Waals surface area contributed by atoms with Crippen LogP contribution in [0.4, 0.5) is 5.69 Å². The fourth-order valence-electron chi connectivity index (χ4n) is 4.11. The van der Waals surface area contributed by atoms with E-state index < -0.39 is 15.6 Å². The highest BCUT2D eigenvalue weighted by Gasteiger charge is 2.28. The largest absolute Gasteiger partial charge is 0.324 e. The second kappa shape index (κ2) is 10.1. The van der Waals surface area contributed by atoms with Crippen molar-refractivity contribution in [2.75, 3.05) is 18.4 Å². The van der Waals surface area contributed by atoms with E-state index in [9.17, 15) is 18.0 Å². The molecule has 0 spiro atoms. The number of sulfonamides is 1. The van der Waals surface area contributed by atoms with Gasteiger partial charge in [-0.2, -0.15) is 9.40 Å². The van der Waals surface area contributed by atoms with Gasteiger partial charge in [-0.05, 0) is 61.1 Å². The molecule has 1 aromatic heterocycles. The Kier molecular flexibility index (Phi) is 7.18. The standard InChI is InChI=1S/C26H30N4O4S/c1-18(2)20-8-10-22(11-9-20)27-25(31)17-30-26(32)13-12-23(28-30)21-7-6-19(3)24(16-21)35(33,34)29-14-4-5-15-29/h6-13,16,18H,4-5,14-15,17H2,1-3H3,(H,27,31). The number of carbonyl (C=O) groups is 1. The van der Waals surface area contributed by atoms with Gasteiger partial charge in [0.05, 0.1) is 10.6 Å². The Hall–Kier alpha value is -3.30. The Balaban J connectivity index is 1.56. The molecule has 1 amide bonds. The number of nitrogens with one attached hydrogen (secondary N) is 1. The van der Waals surface area contributed by atoms with Crippen molar-refractivity contribution in [3.63, 3.8) is 0 Å². The summed E-state index contributed by atoms with van der Waals surface area (Å²) in [6.45, 7) is 6.73. The summed E-state index contributed by atoms with van der Waals surface area (Å²) in [7, 11) is -3.61. The third kappa shape index (κ3) is 5.52. The van der Waals surface area contributed by atoms with E-state index in [1.165, 1.54) is 16.4 Å². The van der Waals surface area contributed by atoms with Crippen molar-refractivity contribution in [2.24, 2.45) is 0 Å². The summed E-state index contributed by atoms with van der Waals surface area (Å²) in [5.41, 5.74) is 3.01. The van der Waals surface area contributed by atoms with E-state index in [2.05, 4.69) is 24.3 Å². The molecule has 2 aromatic carbocycles. The van der Waals surface area contributed by atoms with Crippen LogP contribution in [-0.2, 0) is 21.4 Å². The number of hydrogen-bond acceptors (Lipinski definition) is 5. The quantitative estimate of drug-likeness (QED) is 0.539. The predicted octanol–water partition coefficient (Wildman–Crippen LogP) is 3.77. The van der Waals surface area contributed by atoms with Crippen LogP contribution in [0.25, 0.3) is 11.3 Å². The highest BCUT2D eigenvalue weighted by atomic mass is 32.2. The van der Waals surface area contributed by atoms with Crippen LogP contribution in [-0.4, -0.2) is 41.5 Å². The van der Waals surface area contributed by atoms with Crippen molar-refractivity contribution in [3.8, 4) is 11.3 Å². The van der Waals surface area contributed by atoms with Crippen LogP contribution in [0, 0.1) is 6.92 Å². The van der Waals surface area contributed by atoms with E-state index in [0.29, 0.717) is 41.5 Å². The third-order valence-electron chi connectivity index (χ3n) is 6.19. The number of aromatic nitrogens is 2. The molecule has 8 nitrogen and oxygen atoms in total. The van der Waals surface area contributed by atoms with Gasteiger partial charge in [0.2, 0.25) is 15.9 Å². The maximum Gasteiger partial charge on any atom is 0.267 e. The minimum absolute atomic E-state index is 0.235. The topological polar surface area (TPSA) is 101 Å².